The Bertz CT molecular complexity index is 994. The highest BCUT2D eigenvalue weighted by Gasteiger charge is 2.56. The van der Waals surface area contributed by atoms with Crippen molar-refractivity contribution >= 4 is 0 Å². The Morgan fingerprint density at radius 1 is 0.500 bits per heavy atom. The molecule has 0 radical (unpaired) electrons. The van der Waals surface area contributed by atoms with Crippen LogP contribution in [0, 0.1) is 0 Å². The number of hydrogen-bond acceptors (Lipinski definition) is 0. The average Bonchev–Trinajstić information content (AvgIpc) is 2.79. The van der Waals surface area contributed by atoms with Gasteiger partial charge in [-0.1, -0.05) is 91.0 Å². The van der Waals surface area contributed by atoms with Gasteiger partial charge >= 0.3 is 0 Å². The second kappa shape index (κ2) is 6.17. The van der Waals surface area contributed by atoms with Crippen LogP contribution in [0.4, 0.5) is 0 Å². The molecule has 1 heteroatoms. The first kappa shape index (κ1) is 15.8. The van der Waals surface area contributed by atoms with Crippen LogP contribution in [0.2, 0.25) is 0 Å². The smallest absolute Gasteiger partial charge is 0.191 e. The molecule has 1 aromatic heterocycles. The molecular formula is C27H22N+. The minimum Gasteiger partial charge on any atom is -0.194 e. The maximum atomic E-state index is 2.53. The predicted molar refractivity (Wildman–Crippen MR) is 111 cm³/mol. The summed E-state index contributed by atoms with van der Waals surface area (Å²) in [5.74, 6) is 1.23. The van der Waals surface area contributed by atoms with Crippen LogP contribution in [0.3, 0.4) is 0 Å². The van der Waals surface area contributed by atoms with Gasteiger partial charge in [0.1, 0.15) is 0 Å². The van der Waals surface area contributed by atoms with Crippen molar-refractivity contribution in [2.75, 3.05) is 0 Å². The topological polar surface area (TPSA) is 3.88 Å². The van der Waals surface area contributed by atoms with Crippen molar-refractivity contribution in [3.8, 4) is 0 Å². The monoisotopic (exact) mass is 360 g/mol. The van der Waals surface area contributed by atoms with Crippen molar-refractivity contribution in [3.05, 3.63) is 137 Å². The molecule has 4 atom stereocenters. The van der Waals surface area contributed by atoms with Crippen molar-refractivity contribution in [1.82, 2.24) is 0 Å². The molecule has 3 heterocycles. The Labute approximate surface area is 165 Å². The van der Waals surface area contributed by atoms with Crippen molar-refractivity contribution < 1.29 is 4.57 Å². The summed E-state index contributed by atoms with van der Waals surface area (Å²) in [5.41, 5.74) is 7.29. The van der Waals surface area contributed by atoms with Gasteiger partial charge in [-0.25, -0.2) is 0 Å². The standard InChI is InChI=1S/C27H22N/c1-3-11-19(12-4-1)24-25(20-13-5-2-6-14-20)27-22-16-8-7-15-21(22)26(24)23-17-9-10-18-28(23)27/h1-18,24-27H/q+1/t24-,25+,26-,27+/m1/s1. The zero-order chi connectivity index (χ0) is 18.5. The number of nitrogens with zero attached hydrogens (tertiary/aromatic N) is 1. The van der Waals surface area contributed by atoms with E-state index >= 15 is 0 Å². The van der Waals surface area contributed by atoms with Crippen molar-refractivity contribution in [2.45, 2.75) is 23.8 Å². The van der Waals surface area contributed by atoms with E-state index in [2.05, 4.69) is 114 Å². The molecule has 28 heavy (non-hydrogen) atoms. The molecule has 2 bridgehead atoms. The van der Waals surface area contributed by atoms with Crippen LogP contribution < -0.4 is 4.57 Å². The Hall–Kier alpha value is -3.19. The molecule has 0 saturated carbocycles. The van der Waals surface area contributed by atoms with Gasteiger partial charge in [0.15, 0.2) is 17.9 Å². The number of pyridine rings is 1. The lowest BCUT2D eigenvalue weighted by atomic mass is 9.58. The van der Waals surface area contributed by atoms with E-state index in [1.165, 1.54) is 27.9 Å². The molecule has 134 valence electrons. The molecule has 0 saturated heterocycles. The molecule has 1 nitrogen and oxygen atoms in total. The van der Waals surface area contributed by atoms with Crippen molar-refractivity contribution in [2.24, 2.45) is 0 Å². The first-order chi connectivity index (χ1) is 13.9. The Morgan fingerprint density at radius 3 is 1.79 bits per heavy atom. The fourth-order valence-electron chi connectivity index (χ4n) is 5.65. The van der Waals surface area contributed by atoms with Gasteiger partial charge in [0.25, 0.3) is 0 Å². The Kier molecular flexibility index (Phi) is 3.49. The maximum absolute atomic E-state index is 2.53. The highest BCUT2D eigenvalue weighted by molar-refractivity contribution is 5.50. The second-order valence-electron chi connectivity index (χ2n) is 7.96. The van der Waals surface area contributed by atoms with Gasteiger partial charge in [0.2, 0.25) is 0 Å². The molecule has 1 aliphatic carbocycles. The minimum absolute atomic E-state index is 0.324. The summed E-state index contributed by atoms with van der Waals surface area (Å²) < 4.78 is 2.53. The normalized spacial score (nSPS) is 24.4. The van der Waals surface area contributed by atoms with Crippen LogP contribution in [0.25, 0.3) is 0 Å². The van der Waals surface area contributed by atoms with Crippen LogP contribution in [0.5, 0.6) is 0 Å². The predicted octanol–water partition coefficient (Wildman–Crippen LogP) is 5.59. The summed E-state index contributed by atoms with van der Waals surface area (Å²) in [6.07, 6.45) is 2.28. The second-order valence-corrected chi connectivity index (χ2v) is 7.96. The van der Waals surface area contributed by atoms with Gasteiger partial charge in [0, 0.05) is 23.6 Å². The lowest BCUT2D eigenvalue weighted by Crippen LogP contribution is -2.57. The molecule has 0 fully saturated rings. The molecule has 2 aliphatic heterocycles. The van der Waals surface area contributed by atoms with Gasteiger partial charge in [-0.2, -0.15) is 4.57 Å². The minimum atomic E-state index is 0.324. The third-order valence-corrected chi connectivity index (χ3v) is 6.65. The van der Waals surface area contributed by atoms with Crippen LogP contribution >= 0.6 is 0 Å². The van der Waals surface area contributed by atoms with Crippen LogP contribution in [-0.2, 0) is 0 Å². The summed E-state index contributed by atoms with van der Waals surface area (Å²) in [4.78, 5) is 0. The summed E-state index contributed by atoms with van der Waals surface area (Å²) in [7, 11) is 0. The summed E-state index contributed by atoms with van der Waals surface area (Å²) in [5, 5.41) is 0. The third-order valence-electron chi connectivity index (χ3n) is 6.65. The average molecular weight is 360 g/mol. The van der Waals surface area contributed by atoms with Gasteiger partial charge in [-0.3, -0.25) is 0 Å². The lowest BCUT2D eigenvalue weighted by molar-refractivity contribution is -0.734. The summed E-state index contributed by atoms with van der Waals surface area (Å²) in [6.45, 7) is 0. The summed E-state index contributed by atoms with van der Waals surface area (Å²) in [6, 6.07) is 38.3. The molecule has 7 rings (SSSR count). The zero-order valence-corrected chi connectivity index (χ0v) is 15.6. The zero-order valence-electron chi connectivity index (χ0n) is 15.6. The van der Waals surface area contributed by atoms with Crippen molar-refractivity contribution in [3.63, 3.8) is 0 Å². The van der Waals surface area contributed by atoms with E-state index in [0.717, 1.165) is 0 Å². The van der Waals surface area contributed by atoms with Gasteiger partial charge in [0.05, 0.1) is 11.8 Å². The first-order valence-corrected chi connectivity index (χ1v) is 10.1. The molecule has 3 aromatic carbocycles. The molecule has 0 N–H and O–H groups in total. The molecule has 4 aromatic rings. The number of benzene rings is 3. The largest absolute Gasteiger partial charge is 0.194 e. The maximum Gasteiger partial charge on any atom is 0.191 e. The van der Waals surface area contributed by atoms with Crippen LogP contribution in [0.1, 0.15) is 51.7 Å². The fourth-order valence-corrected chi connectivity index (χ4v) is 5.65. The number of rotatable bonds is 2. The Morgan fingerprint density at radius 2 is 1.07 bits per heavy atom. The van der Waals surface area contributed by atoms with E-state index in [4.69, 9.17) is 0 Å². The van der Waals surface area contributed by atoms with Crippen LogP contribution in [0.15, 0.2) is 109 Å². The highest BCUT2D eigenvalue weighted by Crippen LogP contribution is 2.59. The van der Waals surface area contributed by atoms with E-state index < -0.39 is 0 Å². The molecular weight excluding hydrogens is 338 g/mol. The fraction of sp³-hybridized carbons (Fsp3) is 0.148. The van der Waals surface area contributed by atoms with E-state index in [0.29, 0.717) is 23.8 Å². The van der Waals surface area contributed by atoms with E-state index in [-0.39, 0.29) is 0 Å². The summed E-state index contributed by atoms with van der Waals surface area (Å²) >= 11 is 0. The molecule has 0 amide bonds. The van der Waals surface area contributed by atoms with Gasteiger partial charge < -0.3 is 0 Å². The number of hydrogen-bond donors (Lipinski definition) is 0. The third kappa shape index (κ3) is 2.16. The van der Waals surface area contributed by atoms with E-state index in [1.54, 1.807) is 0 Å². The van der Waals surface area contributed by atoms with E-state index in [1.807, 2.05) is 0 Å². The van der Waals surface area contributed by atoms with Gasteiger partial charge in [-0.15, -0.1) is 0 Å². The quantitative estimate of drug-likeness (QED) is 0.410. The van der Waals surface area contributed by atoms with Crippen molar-refractivity contribution in [1.29, 1.82) is 0 Å². The molecule has 0 spiro atoms. The SMILES string of the molecule is c1ccc([C@H]2[C@@H]3c4ccccc4[C@@H]([C@H]2c2ccccc2)[n+]2ccccc23)cc1. The first-order valence-electron chi connectivity index (χ1n) is 10.1. The molecule has 0 unspecified atom stereocenters. The number of aromatic nitrogens is 1. The highest BCUT2D eigenvalue weighted by atomic mass is 15.0. The van der Waals surface area contributed by atoms with Crippen LogP contribution in [-0.4, -0.2) is 0 Å². The lowest BCUT2D eigenvalue weighted by Gasteiger charge is -2.46. The number of fused-ring (bicyclic) bond motifs is 1. The van der Waals surface area contributed by atoms with E-state index in [9.17, 15) is 0 Å². The van der Waals surface area contributed by atoms with Gasteiger partial charge in [-0.05, 0) is 16.7 Å². The molecule has 3 aliphatic rings. The Balaban J connectivity index is 1.68.